The summed E-state index contributed by atoms with van der Waals surface area (Å²) in [5.74, 6) is -0.741. The Labute approximate surface area is 389 Å². The molecule has 66 heavy (non-hydrogen) atoms. The van der Waals surface area contributed by atoms with Gasteiger partial charge in [0.05, 0.1) is 28.0 Å². The lowest BCUT2D eigenvalue weighted by molar-refractivity contribution is -0.118. The second-order valence-electron chi connectivity index (χ2n) is 16.6. The van der Waals surface area contributed by atoms with E-state index < -0.39 is 0 Å². The Balaban J connectivity index is 0.707. The zero-order valence-corrected chi connectivity index (χ0v) is 36.7. The molecule has 0 saturated heterocycles. The van der Waals surface area contributed by atoms with Crippen molar-refractivity contribution in [3.8, 4) is 11.4 Å². The number of amides is 4. The molecule has 0 radical (unpaired) electrons. The molecule has 4 N–H and O–H groups in total. The maximum atomic E-state index is 13.3. The van der Waals surface area contributed by atoms with Gasteiger partial charge in [0.15, 0.2) is 0 Å². The predicted molar refractivity (Wildman–Crippen MR) is 255 cm³/mol. The maximum Gasteiger partial charge on any atom is 0.251 e. The number of halogens is 2. The van der Waals surface area contributed by atoms with Gasteiger partial charge in [0.2, 0.25) is 11.8 Å². The fraction of sp³-hybridized carbons (Fsp3) is 0.154. The average Bonchev–Trinajstić information content (AvgIpc) is 4.30. The molecule has 0 aliphatic heterocycles. The highest BCUT2D eigenvalue weighted by molar-refractivity contribution is 6.38. The average molecular weight is 912 g/mol. The zero-order valence-electron chi connectivity index (χ0n) is 35.2. The lowest BCUT2D eigenvalue weighted by atomic mass is 10.1. The van der Waals surface area contributed by atoms with Crippen molar-refractivity contribution in [1.82, 2.24) is 30.6 Å². The molecule has 326 valence electrons. The molecule has 2 saturated carbocycles. The summed E-state index contributed by atoms with van der Waals surface area (Å²) in [5.41, 5.74) is 7.00. The van der Waals surface area contributed by atoms with Crippen LogP contribution in [0, 0.1) is 11.8 Å². The fourth-order valence-corrected chi connectivity index (χ4v) is 8.84. The molecule has 2 aliphatic rings. The van der Waals surface area contributed by atoms with E-state index in [1.54, 1.807) is 55.2 Å². The molecule has 0 unspecified atom stereocenters. The van der Waals surface area contributed by atoms with Gasteiger partial charge in [-0.3, -0.25) is 39.1 Å². The van der Waals surface area contributed by atoms with Crippen molar-refractivity contribution in [3.05, 3.63) is 190 Å². The fourth-order valence-electron chi connectivity index (χ4n) is 8.31. The second kappa shape index (κ2) is 18.1. The van der Waals surface area contributed by atoms with E-state index in [2.05, 4.69) is 41.2 Å². The van der Waals surface area contributed by atoms with Crippen LogP contribution in [0.3, 0.4) is 0 Å². The molecule has 2 aliphatic carbocycles. The van der Waals surface area contributed by atoms with Crippen LogP contribution < -0.4 is 21.3 Å². The monoisotopic (exact) mass is 910 g/mol. The minimum absolute atomic E-state index is 0.0504. The SMILES string of the molecule is O=C(NCc1ccc(-c2ncc3ccc(NC(=O)[C@@H]4C[C@H]4c4ccc(C(=O)NCc5ccccn5)cc4)cc3c2Cl)nc1)c1ccc([C@@H]2C[C@H]2C(=O)Nc2ccc3cncc(Cl)c3c2)cc1. The first-order valence-electron chi connectivity index (χ1n) is 21.5. The number of pyridine rings is 4. The molecule has 8 aromatic rings. The Hall–Kier alpha value is -7.54. The first-order valence-corrected chi connectivity index (χ1v) is 22.3. The van der Waals surface area contributed by atoms with Gasteiger partial charge < -0.3 is 21.3 Å². The van der Waals surface area contributed by atoms with E-state index in [-0.39, 0.29) is 53.8 Å². The van der Waals surface area contributed by atoms with Crippen LogP contribution in [0.4, 0.5) is 11.4 Å². The van der Waals surface area contributed by atoms with Gasteiger partial charge in [-0.15, -0.1) is 0 Å². The molecular weight excluding hydrogens is 872 g/mol. The molecule has 14 heteroatoms. The van der Waals surface area contributed by atoms with Crippen LogP contribution in [-0.4, -0.2) is 43.6 Å². The van der Waals surface area contributed by atoms with E-state index >= 15 is 0 Å². The van der Waals surface area contributed by atoms with Crippen molar-refractivity contribution in [2.45, 2.75) is 37.8 Å². The number of carbonyl (C=O) groups is 4. The van der Waals surface area contributed by atoms with Crippen LogP contribution in [0.15, 0.2) is 146 Å². The molecule has 4 aromatic heterocycles. The largest absolute Gasteiger partial charge is 0.348 e. The summed E-state index contributed by atoms with van der Waals surface area (Å²) in [4.78, 5) is 69.7. The van der Waals surface area contributed by atoms with Gasteiger partial charge in [0.1, 0.15) is 5.69 Å². The van der Waals surface area contributed by atoms with Crippen LogP contribution in [0.1, 0.15) is 67.8 Å². The van der Waals surface area contributed by atoms with E-state index in [0.29, 0.717) is 56.9 Å². The Kier molecular flexibility index (Phi) is 11.7. The lowest BCUT2D eigenvalue weighted by Gasteiger charge is -2.11. The number of nitrogens with one attached hydrogen (secondary N) is 4. The summed E-state index contributed by atoms with van der Waals surface area (Å²) >= 11 is 13.2. The van der Waals surface area contributed by atoms with Crippen LogP contribution in [0.2, 0.25) is 10.0 Å². The zero-order chi connectivity index (χ0) is 45.3. The summed E-state index contributed by atoms with van der Waals surface area (Å²) in [5, 5.41) is 16.1. The van der Waals surface area contributed by atoms with Crippen molar-refractivity contribution in [1.29, 1.82) is 0 Å². The Morgan fingerprint density at radius 1 is 0.576 bits per heavy atom. The lowest BCUT2D eigenvalue weighted by Crippen LogP contribution is -2.23. The topological polar surface area (TPSA) is 168 Å². The molecule has 0 bridgehead atoms. The van der Waals surface area contributed by atoms with Gasteiger partial charge in [0, 0.05) is 93.4 Å². The maximum absolute atomic E-state index is 13.3. The number of aromatic nitrogens is 4. The van der Waals surface area contributed by atoms with Crippen molar-refractivity contribution in [2.75, 3.05) is 10.6 Å². The highest BCUT2D eigenvalue weighted by Gasteiger charge is 2.45. The Morgan fingerprint density at radius 3 is 1.77 bits per heavy atom. The highest BCUT2D eigenvalue weighted by Crippen LogP contribution is 2.49. The molecule has 4 amide bonds. The third-order valence-corrected chi connectivity index (χ3v) is 12.9. The van der Waals surface area contributed by atoms with Crippen LogP contribution in [0.25, 0.3) is 32.9 Å². The normalized spacial score (nSPS) is 17.2. The summed E-state index contributed by atoms with van der Waals surface area (Å²) in [6.45, 7) is 0.600. The van der Waals surface area contributed by atoms with Gasteiger partial charge in [-0.2, -0.15) is 0 Å². The molecule has 4 atom stereocenters. The van der Waals surface area contributed by atoms with Gasteiger partial charge in [-0.25, -0.2) is 0 Å². The molecule has 2 fully saturated rings. The van der Waals surface area contributed by atoms with Crippen molar-refractivity contribution in [3.63, 3.8) is 0 Å². The third-order valence-electron chi connectivity index (χ3n) is 12.2. The van der Waals surface area contributed by atoms with Crippen molar-refractivity contribution < 1.29 is 19.2 Å². The number of benzene rings is 4. The van der Waals surface area contributed by atoms with Crippen molar-refractivity contribution >= 4 is 79.8 Å². The number of hydrogen-bond donors (Lipinski definition) is 4. The molecule has 12 nitrogen and oxygen atoms in total. The van der Waals surface area contributed by atoms with E-state index in [1.807, 2.05) is 91.0 Å². The molecular formula is C52H40Cl2N8O4. The van der Waals surface area contributed by atoms with Gasteiger partial charge in [-0.1, -0.05) is 71.7 Å². The number of nitrogens with zero attached hydrogens (tertiary/aromatic N) is 4. The Morgan fingerprint density at radius 2 is 1.18 bits per heavy atom. The van der Waals surface area contributed by atoms with Crippen LogP contribution in [-0.2, 0) is 22.7 Å². The van der Waals surface area contributed by atoms with E-state index in [9.17, 15) is 19.2 Å². The van der Waals surface area contributed by atoms with Gasteiger partial charge in [0.25, 0.3) is 11.8 Å². The molecule has 4 heterocycles. The minimum Gasteiger partial charge on any atom is -0.348 e. The van der Waals surface area contributed by atoms with Crippen LogP contribution in [0.5, 0.6) is 0 Å². The standard InChI is InChI=1S/C52H40Cl2N8O4/c53-45-28-55-25-34-13-15-36(19-41(34)45)61-51(65)43-21-39(43)30-5-9-32(10-6-30)49(63)59-24-29-4-17-46(57-23-29)48-47(54)42-20-37(16-14-35(42)26-58-48)62-52(66)44-22-40(44)31-7-11-33(12-8-31)50(64)60-27-38-3-1-2-18-56-38/h1-20,23,25-26,28,39-40,43-44H,21-22,24,27H2,(H,59,63)(H,60,64)(H,61,65)(H,62,66)/t39-,40-,43+,44+/m0/s1. The van der Waals surface area contributed by atoms with Crippen molar-refractivity contribution in [2.24, 2.45) is 11.8 Å². The summed E-state index contributed by atoms with van der Waals surface area (Å²) < 4.78 is 0. The molecule has 4 aromatic carbocycles. The molecule has 10 rings (SSSR count). The predicted octanol–water partition coefficient (Wildman–Crippen LogP) is 9.89. The highest BCUT2D eigenvalue weighted by atomic mass is 35.5. The number of rotatable bonds is 13. The second-order valence-corrected chi connectivity index (χ2v) is 17.4. The van der Waals surface area contributed by atoms with Gasteiger partial charge in [-0.05, 0) is 108 Å². The number of hydrogen-bond acceptors (Lipinski definition) is 8. The first kappa shape index (κ1) is 42.4. The minimum atomic E-state index is -0.228. The van der Waals surface area contributed by atoms with Gasteiger partial charge >= 0.3 is 0 Å². The number of anilines is 2. The van der Waals surface area contributed by atoms with E-state index in [4.69, 9.17) is 23.2 Å². The first-order chi connectivity index (χ1) is 32.1. The smallest absolute Gasteiger partial charge is 0.251 e. The summed E-state index contributed by atoms with van der Waals surface area (Å²) in [6.07, 6.45) is 9.85. The van der Waals surface area contributed by atoms with E-state index in [0.717, 1.165) is 50.4 Å². The van der Waals surface area contributed by atoms with Crippen LogP contribution >= 0.6 is 23.2 Å². The van der Waals surface area contributed by atoms with E-state index in [1.165, 1.54) is 0 Å². The summed E-state index contributed by atoms with van der Waals surface area (Å²) in [6, 6.07) is 35.1. The summed E-state index contributed by atoms with van der Waals surface area (Å²) in [7, 11) is 0. The number of fused-ring (bicyclic) bond motifs is 2. The Bertz CT molecular complexity index is 3170. The third kappa shape index (κ3) is 9.19. The quantitative estimate of drug-likeness (QED) is 0.0887. The molecule has 0 spiro atoms. The number of carbonyl (C=O) groups excluding carboxylic acids is 4.